The van der Waals surface area contributed by atoms with Gasteiger partial charge in [-0.2, -0.15) is 0 Å². The number of carbonyl (C=O) groups excluding carboxylic acids is 2. The maximum absolute atomic E-state index is 12.5. The molecule has 2 N–H and O–H groups in total. The summed E-state index contributed by atoms with van der Waals surface area (Å²) in [6.07, 6.45) is 0. The lowest BCUT2D eigenvalue weighted by Crippen LogP contribution is -2.20. The van der Waals surface area contributed by atoms with Crippen molar-refractivity contribution in [3.05, 3.63) is 87.9 Å². The van der Waals surface area contributed by atoms with Gasteiger partial charge in [-0.25, -0.2) is 0 Å². The van der Waals surface area contributed by atoms with Gasteiger partial charge in [0.15, 0.2) is 6.61 Å². The lowest BCUT2D eigenvalue weighted by molar-refractivity contribution is -0.118. The number of aryl methyl sites for hydroxylation is 1. The number of rotatable bonds is 6. The minimum absolute atomic E-state index is 0.153. The quantitative estimate of drug-likeness (QED) is 0.548. The minimum atomic E-state index is -0.294. The van der Waals surface area contributed by atoms with Gasteiger partial charge in [0.2, 0.25) is 0 Å². The second kappa shape index (κ2) is 9.46. The molecule has 0 heterocycles. The summed E-state index contributed by atoms with van der Waals surface area (Å²) >= 11 is 6.06. The molecule has 0 unspecified atom stereocenters. The van der Waals surface area contributed by atoms with Crippen LogP contribution in [0.25, 0.3) is 0 Å². The van der Waals surface area contributed by atoms with E-state index in [9.17, 15) is 9.59 Å². The van der Waals surface area contributed by atoms with Crippen molar-refractivity contribution in [2.75, 3.05) is 17.2 Å². The lowest BCUT2D eigenvalue weighted by Gasteiger charge is -2.12. The Hall–Kier alpha value is -3.31. The highest BCUT2D eigenvalue weighted by Gasteiger charge is 2.10. The number of hydrogen-bond donors (Lipinski definition) is 2. The van der Waals surface area contributed by atoms with E-state index in [-0.39, 0.29) is 18.4 Å². The van der Waals surface area contributed by atoms with Crippen LogP contribution in [0.4, 0.5) is 11.4 Å². The van der Waals surface area contributed by atoms with Crippen LogP contribution in [-0.2, 0) is 4.79 Å². The van der Waals surface area contributed by atoms with Gasteiger partial charge in [0.1, 0.15) is 5.75 Å². The highest BCUT2D eigenvalue weighted by molar-refractivity contribution is 6.31. The molecule has 0 saturated heterocycles. The highest BCUT2D eigenvalue weighted by atomic mass is 35.5. The number of halogens is 1. The zero-order valence-electron chi connectivity index (χ0n) is 17.1. The van der Waals surface area contributed by atoms with Crippen LogP contribution in [0, 0.1) is 20.8 Å². The van der Waals surface area contributed by atoms with Crippen molar-refractivity contribution in [1.82, 2.24) is 0 Å². The number of ether oxygens (including phenoxy) is 1. The second-order valence-corrected chi connectivity index (χ2v) is 7.38. The Labute approximate surface area is 181 Å². The van der Waals surface area contributed by atoms with Crippen molar-refractivity contribution in [3.63, 3.8) is 0 Å². The van der Waals surface area contributed by atoms with Crippen LogP contribution in [0.15, 0.2) is 60.7 Å². The van der Waals surface area contributed by atoms with Crippen molar-refractivity contribution in [1.29, 1.82) is 0 Å². The summed E-state index contributed by atoms with van der Waals surface area (Å²) in [4.78, 5) is 24.6. The van der Waals surface area contributed by atoms with Crippen LogP contribution >= 0.6 is 11.6 Å². The Kier molecular flexibility index (Phi) is 6.75. The van der Waals surface area contributed by atoms with E-state index < -0.39 is 0 Å². The van der Waals surface area contributed by atoms with Gasteiger partial charge in [-0.05, 0) is 79.9 Å². The molecule has 0 spiro atoms. The summed E-state index contributed by atoms with van der Waals surface area (Å²) in [5.74, 6) is -0.00205. The Morgan fingerprint density at radius 1 is 0.833 bits per heavy atom. The van der Waals surface area contributed by atoms with Gasteiger partial charge in [-0.15, -0.1) is 0 Å². The normalized spacial score (nSPS) is 10.4. The van der Waals surface area contributed by atoms with E-state index in [1.54, 1.807) is 42.5 Å². The molecule has 6 heteroatoms. The number of carbonyl (C=O) groups is 2. The molecular formula is C24H23ClN2O3. The van der Waals surface area contributed by atoms with Crippen LogP contribution in [0.5, 0.6) is 5.75 Å². The third kappa shape index (κ3) is 5.19. The molecule has 0 aromatic heterocycles. The van der Waals surface area contributed by atoms with E-state index in [1.165, 1.54) is 0 Å². The number of amides is 2. The first kappa shape index (κ1) is 21.4. The molecule has 0 saturated carbocycles. The molecule has 0 aliphatic rings. The van der Waals surface area contributed by atoms with Gasteiger partial charge in [-0.1, -0.05) is 29.8 Å². The Morgan fingerprint density at radius 2 is 1.47 bits per heavy atom. The van der Waals surface area contributed by atoms with Gasteiger partial charge in [0.05, 0.1) is 0 Å². The molecule has 0 bridgehead atoms. The topological polar surface area (TPSA) is 67.4 Å². The molecule has 3 aromatic carbocycles. The lowest BCUT2D eigenvalue weighted by atomic mass is 10.1. The molecule has 5 nitrogen and oxygen atoms in total. The average Bonchev–Trinajstić information content (AvgIpc) is 2.73. The van der Waals surface area contributed by atoms with Crippen LogP contribution < -0.4 is 15.4 Å². The molecule has 154 valence electrons. The first-order valence-corrected chi connectivity index (χ1v) is 9.88. The molecule has 30 heavy (non-hydrogen) atoms. The van der Waals surface area contributed by atoms with Crippen molar-refractivity contribution in [2.24, 2.45) is 0 Å². The van der Waals surface area contributed by atoms with E-state index >= 15 is 0 Å². The average molecular weight is 423 g/mol. The number of hydrogen-bond acceptors (Lipinski definition) is 3. The summed E-state index contributed by atoms with van der Waals surface area (Å²) in [6.45, 7) is 5.65. The van der Waals surface area contributed by atoms with Crippen LogP contribution in [-0.4, -0.2) is 18.4 Å². The zero-order chi connectivity index (χ0) is 21.7. The number of benzene rings is 3. The SMILES string of the molecule is Cc1cccc(NC(=O)c2ccc(OCC(=O)Nc3cccc(Cl)c3C)cc2)c1C. The molecule has 0 atom stereocenters. The Bertz CT molecular complexity index is 1080. The van der Waals surface area contributed by atoms with E-state index in [2.05, 4.69) is 10.6 Å². The standard InChI is InChI=1S/C24H23ClN2O3/c1-15-6-4-8-21(16(15)2)27-24(29)18-10-12-19(13-11-18)30-14-23(28)26-22-9-5-7-20(25)17(22)3/h4-13H,14H2,1-3H3,(H,26,28)(H,27,29). The molecule has 2 amide bonds. The van der Waals surface area contributed by atoms with Crippen molar-refractivity contribution < 1.29 is 14.3 Å². The third-order valence-corrected chi connectivity index (χ3v) is 5.29. The predicted octanol–water partition coefficient (Wildman–Crippen LogP) is 5.54. The van der Waals surface area contributed by atoms with E-state index in [0.29, 0.717) is 22.0 Å². The summed E-state index contributed by atoms with van der Waals surface area (Å²) in [5.41, 5.74) is 4.88. The molecule has 3 rings (SSSR count). The molecule has 0 fully saturated rings. The maximum atomic E-state index is 12.5. The third-order valence-electron chi connectivity index (χ3n) is 4.88. The smallest absolute Gasteiger partial charge is 0.262 e. The Balaban J connectivity index is 1.56. The molecule has 0 aliphatic carbocycles. The van der Waals surface area contributed by atoms with Gasteiger partial charge >= 0.3 is 0 Å². The first-order chi connectivity index (χ1) is 14.3. The van der Waals surface area contributed by atoms with Crippen LogP contribution in [0.2, 0.25) is 5.02 Å². The molecule has 0 aliphatic heterocycles. The summed E-state index contributed by atoms with van der Waals surface area (Å²) < 4.78 is 5.52. The van der Waals surface area contributed by atoms with Crippen molar-refractivity contribution in [2.45, 2.75) is 20.8 Å². The summed E-state index contributed by atoms with van der Waals surface area (Å²) in [6, 6.07) is 17.7. The van der Waals surface area contributed by atoms with Gasteiger partial charge in [-0.3, -0.25) is 9.59 Å². The fourth-order valence-corrected chi connectivity index (χ4v) is 3.04. The summed E-state index contributed by atoms with van der Waals surface area (Å²) in [7, 11) is 0. The van der Waals surface area contributed by atoms with Gasteiger partial charge in [0.25, 0.3) is 11.8 Å². The van der Waals surface area contributed by atoms with Crippen LogP contribution in [0.1, 0.15) is 27.0 Å². The summed E-state index contributed by atoms with van der Waals surface area (Å²) in [5, 5.41) is 6.28. The maximum Gasteiger partial charge on any atom is 0.262 e. The second-order valence-electron chi connectivity index (χ2n) is 6.98. The van der Waals surface area contributed by atoms with Crippen molar-refractivity contribution >= 4 is 34.8 Å². The van der Waals surface area contributed by atoms with Gasteiger partial charge < -0.3 is 15.4 Å². The monoisotopic (exact) mass is 422 g/mol. The van der Waals surface area contributed by atoms with E-state index in [1.807, 2.05) is 39.0 Å². The predicted molar refractivity (Wildman–Crippen MR) is 121 cm³/mol. The Morgan fingerprint density at radius 3 is 2.17 bits per heavy atom. The van der Waals surface area contributed by atoms with Gasteiger partial charge in [0, 0.05) is 22.0 Å². The largest absolute Gasteiger partial charge is 0.484 e. The number of anilines is 2. The fourth-order valence-electron chi connectivity index (χ4n) is 2.86. The highest BCUT2D eigenvalue weighted by Crippen LogP contribution is 2.23. The van der Waals surface area contributed by atoms with E-state index in [0.717, 1.165) is 22.4 Å². The van der Waals surface area contributed by atoms with Crippen molar-refractivity contribution in [3.8, 4) is 5.75 Å². The first-order valence-electron chi connectivity index (χ1n) is 9.50. The minimum Gasteiger partial charge on any atom is -0.484 e. The number of nitrogens with one attached hydrogen (secondary N) is 2. The molecule has 3 aromatic rings. The zero-order valence-corrected chi connectivity index (χ0v) is 17.8. The van der Waals surface area contributed by atoms with Crippen LogP contribution in [0.3, 0.4) is 0 Å². The molecule has 0 radical (unpaired) electrons. The van der Waals surface area contributed by atoms with E-state index in [4.69, 9.17) is 16.3 Å². The molecular weight excluding hydrogens is 400 g/mol. The fraction of sp³-hybridized carbons (Fsp3) is 0.167.